The summed E-state index contributed by atoms with van der Waals surface area (Å²) in [5, 5.41) is 5.73. The number of rotatable bonds is 6. The van der Waals surface area contributed by atoms with E-state index in [1.807, 2.05) is 30.3 Å². The van der Waals surface area contributed by atoms with Crippen LogP contribution in [0, 0.1) is 5.92 Å². The molecule has 0 aliphatic heterocycles. The Kier molecular flexibility index (Phi) is 5.33. The van der Waals surface area contributed by atoms with Gasteiger partial charge in [0, 0.05) is 29.1 Å². The predicted octanol–water partition coefficient (Wildman–Crippen LogP) is 4.08. The van der Waals surface area contributed by atoms with E-state index in [1.54, 1.807) is 12.1 Å². The fraction of sp³-hybridized carbons (Fsp3) is 0.222. The minimum Gasteiger partial charge on any atom is -0.348 e. The number of hydrogen-bond acceptors (Lipinski definition) is 3. The van der Waals surface area contributed by atoms with Crippen molar-refractivity contribution in [3.05, 3.63) is 57.3 Å². The number of carbonyl (C=O) groups is 2. The van der Waals surface area contributed by atoms with E-state index in [-0.39, 0.29) is 17.7 Å². The van der Waals surface area contributed by atoms with Crippen LogP contribution < -0.4 is 10.6 Å². The van der Waals surface area contributed by atoms with Gasteiger partial charge in [0.25, 0.3) is 0 Å². The fourth-order valence-electron chi connectivity index (χ4n) is 2.17. The number of halogens is 1. The highest BCUT2D eigenvalue weighted by molar-refractivity contribution is 7.17. The summed E-state index contributed by atoms with van der Waals surface area (Å²) in [4.78, 5) is 24.6. The first-order chi connectivity index (χ1) is 11.6. The lowest BCUT2D eigenvalue weighted by atomic mass is 10.2. The largest absolute Gasteiger partial charge is 0.348 e. The first kappa shape index (κ1) is 16.7. The molecule has 1 heterocycles. The highest BCUT2D eigenvalue weighted by Gasteiger charge is 2.29. The molecule has 4 nitrogen and oxygen atoms in total. The maximum atomic E-state index is 11.9. The van der Waals surface area contributed by atoms with Crippen LogP contribution >= 0.6 is 22.9 Å². The number of nitrogens with one attached hydrogen (secondary N) is 2. The molecule has 1 aromatic heterocycles. The predicted molar refractivity (Wildman–Crippen MR) is 98.0 cm³/mol. The van der Waals surface area contributed by atoms with Crippen LogP contribution in [0.1, 0.15) is 23.3 Å². The van der Waals surface area contributed by atoms with Gasteiger partial charge < -0.3 is 10.6 Å². The molecule has 24 heavy (non-hydrogen) atoms. The Balaban J connectivity index is 1.51. The quantitative estimate of drug-likeness (QED) is 0.762. The lowest BCUT2D eigenvalue weighted by Crippen LogP contribution is -2.20. The average molecular weight is 361 g/mol. The lowest BCUT2D eigenvalue weighted by molar-refractivity contribution is -0.117. The van der Waals surface area contributed by atoms with Crippen LogP contribution in [0.25, 0.3) is 6.08 Å². The lowest BCUT2D eigenvalue weighted by Gasteiger charge is -2.07. The van der Waals surface area contributed by atoms with Gasteiger partial charge in [-0.3, -0.25) is 9.59 Å². The van der Waals surface area contributed by atoms with Crippen LogP contribution in [0.15, 0.2) is 42.5 Å². The van der Waals surface area contributed by atoms with Crippen molar-refractivity contribution in [1.82, 2.24) is 5.32 Å². The molecule has 0 saturated heterocycles. The normalized spacial score (nSPS) is 13.9. The fourth-order valence-corrected chi connectivity index (χ4v) is 3.14. The highest BCUT2D eigenvalue weighted by Crippen LogP contribution is 2.30. The molecule has 1 aromatic carbocycles. The van der Waals surface area contributed by atoms with Crippen molar-refractivity contribution in [1.29, 1.82) is 0 Å². The summed E-state index contributed by atoms with van der Waals surface area (Å²) in [5.41, 5.74) is 1.70. The van der Waals surface area contributed by atoms with Crippen molar-refractivity contribution in [2.45, 2.75) is 19.4 Å². The molecule has 2 amide bonds. The number of hydrogen-bond donors (Lipinski definition) is 2. The second-order valence-electron chi connectivity index (χ2n) is 5.66. The van der Waals surface area contributed by atoms with Crippen LogP contribution in [0.4, 0.5) is 5.69 Å². The molecule has 3 rings (SSSR count). The van der Waals surface area contributed by atoms with Crippen LogP contribution in [0.2, 0.25) is 4.34 Å². The molecule has 1 aliphatic carbocycles. The number of anilines is 1. The van der Waals surface area contributed by atoms with Gasteiger partial charge in [-0.25, -0.2) is 0 Å². The Hall–Kier alpha value is -2.11. The third-order valence-corrected chi connectivity index (χ3v) is 4.80. The third kappa shape index (κ3) is 4.94. The SMILES string of the molecule is O=C(/C=C/c1ccc(Cl)s1)NCc1cccc(NC(=O)C2CC2)c1. The standard InChI is InChI=1S/C18H17ClN2O2S/c19-16-8-6-15(24-16)7-9-17(22)20-11-12-2-1-3-14(10-12)21-18(23)13-4-5-13/h1-3,6-10,13H,4-5,11H2,(H,20,22)(H,21,23)/b9-7+. The van der Waals surface area contributed by atoms with Crippen molar-refractivity contribution in [3.63, 3.8) is 0 Å². The first-order valence-electron chi connectivity index (χ1n) is 7.71. The Labute approximate surface area is 149 Å². The molecular weight excluding hydrogens is 344 g/mol. The van der Waals surface area contributed by atoms with Crippen molar-refractivity contribution in [2.24, 2.45) is 5.92 Å². The summed E-state index contributed by atoms with van der Waals surface area (Å²) >= 11 is 7.26. The Morgan fingerprint density at radius 1 is 1.25 bits per heavy atom. The Morgan fingerprint density at radius 3 is 2.79 bits per heavy atom. The monoisotopic (exact) mass is 360 g/mol. The molecule has 0 bridgehead atoms. The minimum absolute atomic E-state index is 0.0775. The number of benzene rings is 1. The van der Waals surface area contributed by atoms with E-state index in [1.165, 1.54) is 17.4 Å². The third-order valence-electron chi connectivity index (χ3n) is 3.60. The van der Waals surface area contributed by atoms with E-state index in [9.17, 15) is 9.59 Å². The second-order valence-corrected chi connectivity index (χ2v) is 7.40. The van der Waals surface area contributed by atoms with Crippen LogP contribution in [0.5, 0.6) is 0 Å². The average Bonchev–Trinajstić information content (AvgIpc) is 3.34. The molecule has 1 aliphatic rings. The Morgan fingerprint density at radius 2 is 2.08 bits per heavy atom. The summed E-state index contributed by atoms with van der Waals surface area (Å²) in [6.45, 7) is 0.404. The molecule has 2 N–H and O–H groups in total. The zero-order valence-corrected chi connectivity index (χ0v) is 14.5. The summed E-state index contributed by atoms with van der Waals surface area (Å²) in [6.07, 6.45) is 5.17. The van der Waals surface area contributed by atoms with Crippen LogP contribution in [-0.4, -0.2) is 11.8 Å². The summed E-state index contributed by atoms with van der Waals surface area (Å²) < 4.78 is 0.695. The topological polar surface area (TPSA) is 58.2 Å². The highest BCUT2D eigenvalue weighted by atomic mass is 35.5. The van der Waals surface area contributed by atoms with Gasteiger partial charge in [0.2, 0.25) is 11.8 Å². The van der Waals surface area contributed by atoms with E-state index < -0.39 is 0 Å². The second kappa shape index (κ2) is 7.64. The smallest absolute Gasteiger partial charge is 0.244 e. The van der Waals surface area contributed by atoms with Gasteiger partial charge in [-0.05, 0) is 48.7 Å². The maximum Gasteiger partial charge on any atom is 0.244 e. The molecule has 1 saturated carbocycles. The molecule has 0 unspecified atom stereocenters. The molecule has 0 spiro atoms. The van der Waals surface area contributed by atoms with Gasteiger partial charge in [0.1, 0.15) is 0 Å². The number of carbonyl (C=O) groups excluding carboxylic acids is 2. The summed E-state index contributed by atoms with van der Waals surface area (Å²) in [7, 11) is 0. The number of amides is 2. The molecule has 2 aromatic rings. The van der Waals surface area contributed by atoms with E-state index in [4.69, 9.17) is 11.6 Å². The van der Waals surface area contributed by atoms with Gasteiger partial charge in [0.05, 0.1) is 4.34 Å². The van der Waals surface area contributed by atoms with Crippen molar-refractivity contribution < 1.29 is 9.59 Å². The maximum absolute atomic E-state index is 11.9. The Bertz CT molecular complexity index is 781. The minimum atomic E-state index is -0.174. The van der Waals surface area contributed by atoms with Crippen LogP contribution in [0.3, 0.4) is 0 Å². The molecule has 0 atom stereocenters. The van der Waals surface area contributed by atoms with E-state index in [0.29, 0.717) is 10.9 Å². The van der Waals surface area contributed by atoms with Gasteiger partial charge in [0.15, 0.2) is 0 Å². The zero-order chi connectivity index (χ0) is 16.9. The zero-order valence-electron chi connectivity index (χ0n) is 12.9. The van der Waals surface area contributed by atoms with Gasteiger partial charge >= 0.3 is 0 Å². The van der Waals surface area contributed by atoms with Gasteiger partial charge in [-0.2, -0.15) is 0 Å². The number of thiophene rings is 1. The summed E-state index contributed by atoms with van der Waals surface area (Å²) in [5.74, 6) is 0.0740. The summed E-state index contributed by atoms with van der Waals surface area (Å²) in [6, 6.07) is 11.2. The molecule has 0 radical (unpaired) electrons. The first-order valence-corrected chi connectivity index (χ1v) is 8.90. The molecule has 6 heteroatoms. The van der Waals surface area contributed by atoms with Crippen LogP contribution in [-0.2, 0) is 16.1 Å². The van der Waals surface area contributed by atoms with Crippen molar-refractivity contribution in [2.75, 3.05) is 5.32 Å². The van der Waals surface area contributed by atoms with E-state index in [0.717, 1.165) is 29.0 Å². The van der Waals surface area contributed by atoms with Gasteiger partial charge in [-0.15, -0.1) is 11.3 Å². The van der Waals surface area contributed by atoms with Crippen molar-refractivity contribution >= 4 is 46.5 Å². The van der Waals surface area contributed by atoms with E-state index >= 15 is 0 Å². The van der Waals surface area contributed by atoms with Crippen molar-refractivity contribution in [3.8, 4) is 0 Å². The van der Waals surface area contributed by atoms with Gasteiger partial charge in [-0.1, -0.05) is 23.7 Å². The molecule has 1 fully saturated rings. The molecular formula is C18H17ClN2O2S. The molecule has 124 valence electrons. The van der Waals surface area contributed by atoms with E-state index in [2.05, 4.69) is 10.6 Å².